The smallest absolute Gasteiger partial charge is 0.255 e. The summed E-state index contributed by atoms with van der Waals surface area (Å²) in [6.07, 6.45) is 0. The number of thiazole rings is 1. The number of hydrogen-bond acceptors (Lipinski definition) is 4. The van der Waals surface area contributed by atoms with Gasteiger partial charge in [0, 0.05) is 31.2 Å². The first-order valence-electron chi connectivity index (χ1n) is 8.80. The summed E-state index contributed by atoms with van der Waals surface area (Å²) in [4.78, 5) is 21.7. The van der Waals surface area contributed by atoms with Crippen molar-refractivity contribution in [3.8, 4) is 0 Å². The summed E-state index contributed by atoms with van der Waals surface area (Å²) < 4.78 is 1.25. The van der Waals surface area contributed by atoms with Crippen molar-refractivity contribution in [2.75, 3.05) is 31.1 Å². The molecule has 4 rings (SSSR count). The molecule has 0 bridgehead atoms. The predicted octanol–water partition coefficient (Wildman–Crippen LogP) is 5.18. The Kier molecular flexibility index (Phi) is 5.01. The Morgan fingerprint density at radius 1 is 1.04 bits per heavy atom. The van der Waals surface area contributed by atoms with Gasteiger partial charge in [-0.25, -0.2) is 4.98 Å². The van der Waals surface area contributed by atoms with Crippen molar-refractivity contribution in [3.63, 3.8) is 0 Å². The maximum Gasteiger partial charge on any atom is 0.255 e. The van der Waals surface area contributed by atoms with Crippen molar-refractivity contribution in [2.45, 2.75) is 13.8 Å². The fraction of sp³-hybridized carbons (Fsp3) is 0.300. The number of halogens is 2. The normalized spacial score (nSPS) is 14.8. The molecule has 0 radical (unpaired) electrons. The highest BCUT2D eigenvalue weighted by Gasteiger charge is 2.25. The van der Waals surface area contributed by atoms with E-state index in [0.717, 1.165) is 23.7 Å². The van der Waals surface area contributed by atoms with Crippen molar-refractivity contribution in [2.24, 2.45) is 0 Å². The maximum absolute atomic E-state index is 12.8. The van der Waals surface area contributed by atoms with Crippen LogP contribution in [0.3, 0.4) is 0 Å². The van der Waals surface area contributed by atoms with E-state index < -0.39 is 0 Å². The van der Waals surface area contributed by atoms with E-state index in [-0.39, 0.29) is 5.91 Å². The van der Waals surface area contributed by atoms with Crippen LogP contribution in [0, 0.1) is 13.8 Å². The van der Waals surface area contributed by atoms with Gasteiger partial charge in [-0.15, -0.1) is 0 Å². The molecule has 4 nitrogen and oxygen atoms in total. The molecule has 1 aliphatic heterocycles. The molecule has 0 aliphatic carbocycles. The van der Waals surface area contributed by atoms with E-state index in [9.17, 15) is 4.79 Å². The van der Waals surface area contributed by atoms with Gasteiger partial charge in [-0.1, -0.05) is 46.7 Å². The van der Waals surface area contributed by atoms with Crippen molar-refractivity contribution in [1.82, 2.24) is 9.88 Å². The summed E-state index contributed by atoms with van der Waals surface area (Å²) in [7, 11) is 0. The molecule has 1 saturated heterocycles. The second-order valence-electron chi connectivity index (χ2n) is 6.78. The van der Waals surface area contributed by atoms with E-state index in [1.807, 2.05) is 4.90 Å². The lowest BCUT2D eigenvalue weighted by Gasteiger charge is -2.34. The molecule has 1 aromatic heterocycles. The van der Waals surface area contributed by atoms with E-state index in [1.54, 1.807) is 29.5 Å². The van der Waals surface area contributed by atoms with Crippen LogP contribution in [0.4, 0.5) is 5.13 Å². The third kappa shape index (κ3) is 3.51. The van der Waals surface area contributed by atoms with Crippen LogP contribution in [0.5, 0.6) is 0 Å². The van der Waals surface area contributed by atoms with Crippen molar-refractivity contribution >= 4 is 55.8 Å². The molecule has 1 aliphatic rings. The number of amides is 1. The summed E-state index contributed by atoms with van der Waals surface area (Å²) in [6.45, 7) is 7.02. The third-order valence-electron chi connectivity index (χ3n) is 4.93. The Bertz CT molecular complexity index is 986. The van der Waals surface area contributed by atoms with Gasteiger partial charge in [-0.2, -0.15) is 0 Å². The van der Waals surface area contributed by atoms with E-state index >= 15 is 0 Å². The molecule has 27 heavy (non-hydrogen) atoms. The highest BCUT2D eigenvalue weighted by molar-refractivity contribution is 7.22. The first-order chi connectivity index (χ1) is 12.9. The van der Waals surface area contributed by atoms with E-state index in [0.29, 0.717) is 28.7 Å². The molecule has 0 unspecified atom stereocenters. The minimum Gasteiger partial charge on any atom is -0.345 e. The van der Waals surface area contributed by atoms with Crippen LogP contribution in [0.1, 0.15) is 21.5 Å². The van der Waals surface area contributed by atoms with Crippen LogP contribution in [0.15, 0.2) is 30.3 Å². The molecule has 1 amide bonds. The van der Waals surface area contributed by atoms with Crippen LogP contribution in [-0.2, 0) is 0 Å². The Labute approximate surface area is 172 Å². The Balaban J connectivity index is 1.50. The molecule has 3 aromatic rings. The van der Waals surface area contributed by atoms with E-state index in [1.165, 1.54) is 15.8 Å². The molecule has 7 heteroatoms. The van der Waals surface area contributed by atoms with Gasteiger partial charge in [-0.05, 0) is 43.2 Å². The number of hydrogen-bond donors (Lipinski definition) is 0. The van der Waals surface area contributed by atoms with Crippen molar-refractivity contribution in [1.29, 1.82) is 0 Å². The van der Waals surface area contributed by atoms with Crippen LogP contribution in [0.2, 0.25) is 10.0 Å². The van der Waals surface area contributed by atoms with E-state index in [4.69, 9.17) is 28.2 Å². The molecule has 0 N–H and O–H groups in total. The molecule has 0 spiro atoms. The number of carbonyl (C=O) groups excluding carboxylic acids is 1. The lowest BCUT2D eigenvalue weighted by molar-refractivity contribution is 0.0747. The zero-order valence-electron chi connectivity index (χ0n) is 15.1. The van der Waals surface area contributed by atoms with Gasteiger partial charge in [-0.3, -0.25) is 4.79 Å². The number of benzene rings is 2. The Morgan fingerprint density at radius 3 is 2.41 bits per heavy atom. The molecule has 140 valence electrons. The fourth-order valence-electron chi connectivity index (χ4n) is 3.32. The number of piperazine rings is 1. The highest BCUT2D eigenvalue weighted by atomic mass is 35.5. The van der Waals surface area contributed by atoms with E-state index in [2.05, 4.69) is 30.9 Å². The number of carbonyl (C=O) groups is 1. The number of anilines is 1. The quantitative estimate of drug-likeness (QED) is 0.573. The zero-order chi connectivity index (χ0) is 19.1. The minimum absolute atomic E-state index is 0.0488. The number of rotatable bonds is 2. The average Bonchev–Trinajstić information content (AvgIpc) is 3.11. The molecule has 2 heterocycles. The van der Waals surface area contributed by atoms with Crippen LogP contribution < -0.4 is 4.90 Å². The molecule has 2 aromatic carbocycles. The van der Waals surface area contributed by atoms with Crippen LogP contribution >= 0.6 is 34.5 Å². The van der Waals surface area contributed by atoms with Crippen molar-refractivity contribution in [3.05, 3.63) is 57.1 Å². The number of aryl methyl sites for hydroxylation is 2. The second kappa shape index (κ2) is 7.30. The minimum atomic E-state index is -0.0488. The maximum atomic E-state index is 12.8. The third-order valence-corrected chi connectivity index (χ3v) is 6.73. The summed E-state index contributed by atoms with van der Waals surface area (Å²) in [5.41, 5.74) is 4.04. The average molecular weight is 420 g/mol. The number of nitrogens with zero attached hydrogens (tertiary/aromatic N) is 3. The standard InChI is InChI=1S/C20H19Cl2N3OS/c1-12-3-4-13(2)18-17(12)23-20(27-18)25-9-7-24(8-10-25)19(26)15-6-5-14(21)11-16(15)22/h3-6,11H,7-10H2,1-2H3. The van der Waals surface area contributed by atoms with Gasteiger partial charge < -0.3 is 9.80 Å². The molecular weight excluding hydrogens is 401 g/mol. The summed E-state index contributed by atoms with van der Waals surface area (Å²) in [6, 6.07) is 9.26. The predicted molar refractivity (Wildman–Crippen MR) is 114 cm³/mol. The van der Waals surface area contributed by atoms with Gasteiger partial charge in [0.15, 0.2) is 5.13 Å². The Morgan fingerprint density at radius 2 is 1.74 bits per heavy atom. The zero-order valence-corrected chi connectivity index (χ0v) is 17.5. The largest absolute Gasteiger partial charge is 0.345 e. The molecule has 1 fully saturated rings. The van der Waals surface area contributed by atoms with Gasteiger partial charge in [0.05, 0.1) is 20.8 Å². The summed E-state index contributed by atoms with van der Waals surface area (Å²) in [5.74, 6) is -0.0488. The first-order valence-corrected chi connectivity index (χ1v) is 10.4. The summed E-state index contributed by atoms with van der Waals surface area (Å²) >= 11 is 13.9. The highest BCUT2D eigenvalue weighted by Crippen LogP contribution is 2.33. The van der Waals surface area contributed by atoms with Crippen LogP contribution in [0.25, 0.3) is 10.2 Å². The second-order valence-corrected chi connectivity index (χ2v) is 8.60. The fourth-order valence-corrected chi connectivity index (χ4v) is 4.97. The van der Waals surface area contributed by atoms with Gasteiger partial charge in [0.25, 0.3) is 5.91 Å². The first kappa shape index (κ1) is 18.5. The van der Waals surface area contributed by atoms with Gasteiger partial charge in [0.1, 0.15) is 0 Å². The van der Waals surface area contributed by atoms with Crippen LogP contribution in [-0.4, -0.2) is 42.0 Å². The van der Waals surface area contributed by atoms with Crippen molar-refractivity contribution < 1.29 is 4.79 Å². The molecule has 0 saturated carbocycles. The lowest BCUT2D eigenvalue weighted by Crippen LogP contribution is -2.48. The number of fused-ring (bicyclic) bond motifs is 1. The lowest BCUT2D eigenvalue weighted by atomic mass is 10.1. The molecule has 0 atom stereocenters. The summed E-state index contributed by atoms with van der Waals surface area (Å²) in [5, 5.41) is 1.95. The van der Waals surface area contributed by atoms with Gasteiger partial charge in [0.2, 0.25) is 0 Å². The monoisotopic (exact) mass is 419 g/mol. The topological polar surface area (TPSA) is 36.4 Å². The van der Waals surface area contributed by atoms with Gasteiger partial charge >= 0.3 is 0 Å². The Hall–Kier alpha value is -1.82. The SMILES string of the molecule is Cc1ccc(C)c2sc(N3CCN(C(=O)c4ccc(Cl)cc4Cl)CC3)nc12. The molecular formula is C20H19Cl2N3OS. The number of aromatic nitrogens is 1.